The number of halogens is 1. The van der Waals surface area contributed by atoms with E-state index in [2.05, 4.69) is 25.9 Å². The quantitative estimate of drug-likeness (QED) is 0.781. The Bertz CT molecular complexity index is 778. The second kappa shape index (κ2) is 4.02. The molecule has 0 radical (unpaired) electrons. The van der Waals surface area contributed by atoms with E-state index in [9.17, 15) is 4.79 Å². The van der Waals surface area contributed by atoms with Crippen molar-refractivity contribution < 1.29 is 0 Å². The molecule has 5 rings (SSSR count). The van der Waals surface area contributed by atoms with E-state index >= 15 is 0 Å². The van der Waals surface area contributed by atoms with E-state index in [4.69, 9.17) is 5.73 Å². The van der Waals surface area contributed by atoms with Crippen LogP contribution in [-0.2, 0) is 0 Å². The second-order valence-corrected chi connectivity index (χ2v) is 7.94. The number of nitrogens with two attached hydrogens (primary N) is 1. The molecular weight excluding hydrogens is 330 g/mol. The lowest BCUT2D eigenvalue weighted by Gasteiger charge is -2.18. The van der Waals surface area contributed by atoms with Crippen LogP contribution in [0.4, 0.5) is 0 Å². The van der Waals surface area contributed by atoms with Crippen molar-refractivity contribution in [3.05, 3.63) is 32.7 Å². The molecule has 0 saturated heterocycles. The van der Waals surface area contributed by atoms with Gasteiger partial charge in [-0.3, -0.25) is 0 Å². The maximum atomic E-state index is 11.4. The van der Waals surface area contributed by atoms with Gasteiger partial charge in [-0.1, -0.05) is 15.9 Å². The van der Waals surface area contributed by atoms with E-state index in [0.717, 1.165) is 44.7 Å². The van der Waals surface area contributed by atoms with Crippen LogP contribution in [0, 0.1) is 29.6 Å². The summed E-state index contributed by atoms with van der Waals surface area (Å²) in [4.78, 5) is 17.0. The number of rotatable bonds is 2. The van der Waals surface area contributed by atoms with Gasteiger partial charge in [-0.15, -0.1) is 0 Å². The lowest BCUT2D eigenvalue weighted by molar-refractivity contribution is 0.417. The maximum absolute atomic E-state index is 11.4. The molecule has 0 amide bonds. The number of aromatic amines is 2. The molecule has 4 nitrogen and oxygen atoms in total. The first-order chi connectivity index (χ1) is 10.1. The molecule has 3 fully saturated rings. The van der Waals surface area contributed by atoms with Crippen molar-refractivity contribution in [1.82, 2.24) is 9.97 Å². The molecule has 21 heavy (non-hydrogen) atoms. The van der Waals surface area contributed by atoms with Crippen LogP contribution in [-0.4, -0.2) is 9.97 Å². The number of hydrogen-bond donors (Lipinski definition) is 3. The van der Waals surface area contributed by atoms with Gasteiger partial charge < -0.3 is 15.7 Å². The van der Waals surface area contributed by atoms with E-state index in [1.165, 1.54) is 19.3 Å². The highest BCUT2D eigenvalue weighted by Crippen LogP contribution is 2.72. The number of fused-ring (bicyclic) bond motifs is 6. The Labute approximate surface area is 130 Å². The molecule has 1 aromatic carbocycles. The van der Waals surface area contributed by atoms with Crippen LogP contribution in [0.3, 0.4) is 0 Å². The summed E-state index contributed by atoms with van der Waals surface area (Å²) in [5.74, 6) is 4.25. The van der Waals surface area contributed by atoms with Crippen molar-refractivity contribution in [3.63, 3.8) is 0 Å². The fraction of sp³-hybridized carbons (Fsp3) is 0.562. The number of benzene rings is 1. The van der Waals surface area contributed by atoms with Crippen molar-refractivity contribution >= 4 is 27.0 Å². The Kier molecular flexibility index (Phi) is 2.38. The Morgan fingerprint density at radius 2 is 1.76 bits per heavy atom. The van der Waals surface area contributed by atoms with E-state index in [1.807, 2.05) is 12.1 Å². The topological polar surface area (TPSA) is 74.7 Å². The minimum absolute atomic E-state index is 0.0839. The smallest absolute Gasteiger partial charge is 0.323 e. The first-order valence-electron chi connectivity index (χ1n) is 7.80. The lowest BCUT2D eigenvalue weighted by atomic mass is 9.93. The number of H-pyrrole nitrogens is 2. The van der Waals surface area contributed by atoms with Crippen molar-refractivity contribution in [1.29, 1.82) is 0 Å². The van der Waals surface area contributed by atoms with Crippen LogP contribution in [0.2, 0.25) is 0 Å². The number of imidazole rings is 1. The minimum Gasteiger partial charge on any atom is -0.324 e. The zero-order valence-electron chi connectivity index (χ0n) is 11.6. The van der Waals surface area contributed by atoms with Gasteiger partial charge in [-0.25, -0.2) is 4.79 Å². The summed E-state index contributed by atoms with van der Waals surface area (Å²) in [6.45, 7) is 0. The van der Waals surface area contributed by atoms with Crippen LogP contribution in [0.15, 0.2) is 21.4 Å². The summed E-state index contributed by atoms with van der Waals surface area (Å²) < 4.78 is 1.01. The summed E-state index contributed by atoms with van der Waals surface area (Å²) in [7, 11) is 0. The van der Waals surface area contributed by atoms with Gasteiger partial charge in [0, 0.05) is 10.5 Å². The zero-order chi connectivity index (χ0) is 14.3. The normalized spacial score (nSPS) is 37.9. The number of aromatic nitrogens is 2. The van der Waals surface area contributed by atoms with Gasteiger partial charge in [-0.2, -0.15) is 0 Å². The minimum atomic E-state index is -0.163. The molecule has 5 heteroatoms. The molecule has 3 aliphatic carbocycles. The van der Waals surface area contributed by atoms with E-state index in [0.29, 0.717) is 5.92 Å². The van der Waals surface area contributed by atoms with Crippen LogP contribution in [0.1, 0.15) is 30.9 Å². The second-order valence-electron chi connectivity index (χ2n) is 7.09. The Morgan fingerprint density at radius 3 is 2.43 bits per heavy atom. The SMILES string of the molecule is NC(c1cc2[nH]c(=O)[nH]c2cc1Br)C1C2C3CCC(C3)C21. The van der Waals surface area contributed by atoms with Gasteiger partial charge in [0.25, 0.3) is 0 Å². The van der Waals surface area contributed by atoms with Crippen molar-refractivity contribution in [2.45, 2.75) is 25.3 Å². The maximum Gasteiger partial charge on any atom is 0.323 e. The average molecular weight is 348 g/mol. The van der Waals surface area contributed by atoms with Gasteiger partial charge in [0.15, 0.2) is 0 Å². The summed E-state index contributed by atoms with van der Waals surface area (Å²) in [5, 5.41) is 0. The van der Waals surface area contributed by atoms with E-state index in [1.54, 1.807) is 0 Å². The molecule has 1 aromatic heterocycles. The van der Waals surface area contributed by atoms with Gasteiger partial charge >= 0.3 is 5.69 Å². The number of nitrogens with one attached hydrogen (secondary N) is 2. The average Bonchev–Trinajstić information content (AvgIpc) is 2.75. The third-order valence-corrected chi connectivity index (χ3v) is 6.89. The molecule has 1 heterocycles. The molecule has 2 aromatic rings. The van der Waals surface area contributed by atoms with Crippen LogP contribution >= 0.6 is 15.9 Å². The van der Waals surface area contributed by atoms with Crippen LogP contribution in [0.5, 0.6) is 0 Å². The van der Waals surface area contributed by atoms with Crippen LogP contribution in [0.25, 0.3) is 11.0 Å². The molecule has 4 N–H and O–H groups in total. The predicted octanol–water partition coefficient (Wildman–Crippen LogP) is 2.91. The third-order valence-electron chi connectivity index (χ3n) is 6.20. The van der Waals surface area contributed by atoms with Crippen molar-refractivity contribution in [2.75, 3.05) is 0 Å². The summed E-state index contributed by atoms with van der Waals surface area (Å²) in [6.07, 6.45) is 4.28. The van der Waals surface area contributed by atoms with Crippen LogP contribution < -0.4 is 11.4 Å². The third kappa shape index (κ3) is 1.62. The molecule has 0 spiro atoms. The van der Waals surface area contributed by atoms with Crippen molar-refractivity contribution in [3.8, 4) is 0 Å². The summed E-state index contributed by atoms with van der Waals surface area (Å²) in [6, 6.07) is 4.09. The fourth-order valence-corrected chi connectivity index (χ4v) is 6.02. The highest BCUT2D eigenvalue weighted by molar-refractivity contribution is 9.10. The first-order valence-corrected chi connectivity index (χ1v) is 8.60. The monoisotopic (exact) mass is 347 g/mol. The molecule has 0 aliphatic heterocycles. The van der Waals surface area contributed by atoms with E-state index in [-0.39, 0.29) is 11.7 Å². The molecular formula is C16H18BrN3O. The largest absolute Gasteiger partial charge is 0.324 e. The van der Waals surface area contributed by atoms with Gasteiger partial charge in [0.05, 0.1) is 11.0 Å². The zero-order valence-corrected chi connectivity index (χ0v) is 13.2. The Hall–Kier alpha value is -1.07. The Balaban J connectivity index is 1.52. The van der Waals surface area contributed by atoms with E-state index < -0.39 is 0 Å². The summed E-state index contributed by atoms with van der Waals surface area (Å²) >= 11 is 3.63. The molecule has 3 saturated carbocycles. The fourth-order valence-electron chi connectivity index (χ4n) is 5.41. The number of hydrogen-bond acceptors (Lipinski definition) is 2. The molecule has 5 atom stereocenters. The molecule has 3 aliphatic rings. The highest BCUT2D eigenvalue weighted by Gasteiger charge is 2.66. The van der Waals surface area contributed by atoms with Gasteiger partial charge in [0.2, 0.25) is 0 Å². The van der Waals surface area contributed by atoms with Gasteiger partial charge in [-0.05, 0) is 66.5 Å². The van der Waals surface area contributed by atoms with Crippen molar-refractivity contribution in [2.24, 2.45) is 35.3 Å². The summed E-state index contributed by atoms with van der Waals surface area (Å²) in [5.41, 5.74) is 9.26. The first kappa shape index (κ1) is 12.5. The standard InChI is InChI=1S/C16H18BrN3O/c17-9-5-11-10(19-16(21)20-11)4-8(9)15(18)14-12-6-1-2-7(3-6)13(12)14/h4-7,12-15H,1-3,18H2,(H2,19,20,21). The molecule has 2 bridgehead atoms. The molecule has 5 unspecified atom stereocenters. The molecule has 110 valence electrons. The Morgan fingerprint density at radius 1 is 1.14 bits per heavy atom. The predicted molar refractivity (Wildman–Crippen MR) is 84.8 cm³/mol. The lowest BCUT2D eigenvalue weighted by Crippen LogP contribution is -2.18. The van der Waals surface area contributed by atoms with Gasteiger partial charge in [0.1, 0.15) is 0 Å². The highest BCUT2D eigenvalue weighted by atomic mass is 79.9.